The summed E-state index contributed by atoms with van der Waals surface area (Å²) < 4.78 is 5.69. The lowest BCUT2D eigenvalue weighted by Gasteiger charge is -2.16. The van der Waals surface area contributed by atoms with E-state index in [1.807, 2.05) is 46.0 Å². The molecule has 0 aliphatic rings. The number of aromatic nitrogens is 1. The summed E-state index contributed by atoms with van der Waals surface area (Å²) in [6, 6.07) is 8.20. The van der Waals surface area contributed by atoms with Crippen LogP contribution in [0.15, 0.2) is 28.7 Å². The van der Waals surface area contributed by atoms with E-state index in [1.165, 1.54) is 0 Å². The molecule has 0 aromatic carbocycles. The molecule has 0 aliphatic heterocycles. The van der Waals surface area contributed by atoms with E-state index in [1.54, 1.807) is 0 Å². The number of aryl methyl sites for hydroxylation is 3. The van der Waals surface area contributed by atoms with Crippen molar-refractivity contribution in [2.45, 2.75) is 26.8 Å². The molecule has 1 N–H and O–H groups in total. The quantitative estimate of drug-likeness (QED) is 0.881. The van der Waals surface area contributed by atoms with Gasteiger partial charge in [0.2, 0.25) is 0 Å². The minimum atomic E-state index is 0.0665. The maximum atomic E-state index is 5.69. The topological polar surface area (TPSA) is 38.1 Å². The maximum Gasteiger partial charge on any atom is 0.125 e. The third-order valence-corrected chi connectivity index (χ3v) is 2.91. The van der Waals surface area contributed by atoms with Crippen molar-refractivity contribution in [1.82, 2.24) is 10.3 Å². The highest BCUT2D eigenvalue weighted by Gasteiger charge is 2.17. The zero-order valence-electron chi connectivity index (χ0n) is 10.7. The third-order valence-electron chi connectivity index (χ3n) is 2.91. The molecule has 2 heterocycles. The van der Waals surface area contributed by atoms with Gasteiger partial charge < -0.3 is 9.73 Å². The van der Waals surface area contributed by atoms with E-state index in [0.29, 0.717) is 0 Å². The van der Waals surface area contributed by atoms with Crippen molar-refractivity contribution in [3.05, 3.63) is 52.7 Å². The number of nitrogens with one attached hydrogen (secondary N) is 1. The molecule has 0 bridgehead atoms. The number of furan rings is 1. The van der Waals surface area contributed by atoms with Gasteiger partial charge >= 0.3 is 0 Å². The number of hydrogen-bond donors (Lipinski definition) is 1. The standard InChI is InChI=1S/C14H18N2O/c1-9-5-7-12(11(3)16-9)14(15-4)13-8-6-10(2)17-13/h5-8,14-15H,1-4H3. The van der Waals surface area contributed by atoms with Crippen LogP contribution in [0.4, 0.5) is 0 Å². The number of pyridine rings is 1. The van der Waals surface area contributed by atoms with Crippen molar-refractivity contribution in [3.63, 3.8) is 0 Å². The largest absolute Gasteiger partial charge is 0.464 e. The lowest BCUT2D eigenvalue weighted by Crippen LogP contribution is -2.18. The first kappa shape index (κ1) is 11.9. The van der Waals surface area contributed by atoms with E-state index in [9.17, 15) is 0 Å². The van der Waals surface area contributed by atoms with Gasteiger partial charge in [0.15, 0.2) is 0 Å². The molecule has 3 nitrogen and oxygen atoms in total. The molecule has 0 radical (unpaired) electrons. The van der Waals surface area contributed by atoms with Crippen molar-refractivity contribution >= 4 is 0 Å². The third kappa shape index (κ3) is 2.39. The summed E-state index contributed by atoms with van der Waals surface area (Å²) in [5, 5.41) is 3.27. The minimum Gasteiger partial charge on any atom is -0.464 e. The summed E-state index contributed by atoms with van der Waals surface area (Å²) in [4.78, 5) is 4.49. The van der Waals surface area contributed by atoms with Crippen molar-refractivity contribution in [1.29, 1.82) is 0 Å². The zero-order chi connectivity index (χ0) is 12.4. The van der Waals surface area contributed by atoms with Crippen molar-refractivity contribution < 1.29 is 4.42 Å². The molecule has 2 aromatic heterocycles. The van der Waals surface area contributed by atoms with Gasteiger partial charge in [-0.3, -0.25) is 4.98 Å². The molecule has 0 spiro atoms. The number of rotatable bonds is 3. The second-order valence-electron chi connectivity index (χ2n) is 4.30. The first-order chi connectivity index (χ1) is 8.11. The van der Waals surface area contributed by atoms with Gasteiger partial charge in [0.05, 0.1) is 6.04 Å². The van der Waals surface area contributed by atoms with Gasteiger partial charge in [-0.1, -0.05) is 6.07 Å². The SMILES string of the molecule is CNC(c1ccc(C)o1)c1ccc(C)nc1C. The van der Waals surface area contributed by atoms with E-state index in [0.717, 1.165) is 28.5 Å². The van der Waals surface area contributed by atoms with Crippen LogP contribution in [0.3, 0.4) is 0 Å². The first-order valence-corrected chi connectivity index (χ1v) is 5.79. The summed E-state index contributed by atoms with van der Waals surface area (Å²) in [5.41, 5.74) is 3.24. The van der Waals surface area contributed by atoms with E-state index in [-0.39, 0.29) is 6.04 Å². The van der Waals surface area contributed by atoms with Crippen LogP contribution in [0, 0.1) is 20.8 Å². The van der Waals surface area contributed by atoms with Crippen LogP contribution in [0.1, 0.15) is 34.5 Å². The van der Waals surface area contributed by atoms with Crippen LogP contribution >= 0.6 is 0 Å². The fourth-order valence-corrected chi connectivity index (χ4v) is 2.06. The average Bonchev–Trinajstić information content (AvgIpc) is 2.69. The zero-order valence-corrected chi connectivity index (χ0v) is 10.7. The van der Waals surface area contributed by atoms with E-state index in [4.69, 9.17) is 4.42 Å². The fourth-order valence-electron chi connectivity index (χ4n) is 2.06. The smallest absolute Gasteiger partial charge is 0.125 e. The van der Waals surface area contributed by atoms with Gasteiger partial charge in [-0.25, -0.2) is 0 Å². The van der Waals surface area contributed by atoms with E-state index >= 15 is 0 Å². The summed E-state index contributed by atoms with van der Waals surface area (Å²) in [5.74, 6) is 1.86. The molecule has 0 amide bonds. The Morgan fingerprint density at radius 2 is 1.88 bits per heavy atom. The predicted octanol–water partition coefficient (Wildman–Crippen LogP) is 2.91. The van der Waals surface area contributed by atoms with Crippen LogP contribution in [-0.4, -0.2) is 12.0 Å². The molecule has 0 fully saturated rings. The Hall–Kier alpha value is -1.61. The molecule has 0 aliphatic carbocycles. The maximum absolute atomic E-state index is 5.69. The van der Waals surface area contributed by atoms with Gasteiger partial charge in [0, 0.05) is 11.4 Å². The van der Waals surface area contributed by atoms with Crippen molar-refractivity contribution in [2.75, 3.05) is 7.05 Å². The molecule has 2 rings (SSSR count). The highest BCUT2D eigenvalue weighted by Crippen LogP contribution is 2.25. The molecule has 1 atom stereocenters. The highest BCUT2D eigenvalue weighted by atomic mass is 16.3. The Labute approximate surface area is 102 Å². The Kier molecular flexibility index (Phi) is 3.29. The average molecular weight is 230 g/mol. The second kappa shape index (κ2) is 4.72. The van der Waals surface area contributed by atoms with Crippen LogP contribution < -0.4 is 5.32 Å². The highest BCUT2D eigenvalue weighted by molar-refractivity contribution is 5.31. The molecule has 3 heteroatoms. The van der Waals surface area contributed by atoms with E-state index in [2.05, 4.69) is 16.4 Å². The Morgan fingerprint density at radius 3 is 2.41 bits per heavy atom. The number of nitrogens with zero attached hydrogens (tertiary/aromatic N) is 1. The molecule has 0 saturated heterocycles. The molecule has 17 heavy (non-hydrogen) atoms. The minimum absolute atomic E-state index is 0.0665. The fraction of sp³-hybridized carbons (Fsp3) is 0.357. The molecule has 90 valence electrons. The molecule has 2 aromatic rings. The normalized spacial score (nSPS) is 12.7. The van der Waals surface area contributed by atoms with Gasteiger partial charge in [-0.05, 0) is 51.6 Å². The van der Waals surface area contributed by atoms with Gasteiger partial charge in [0.25, 0.3) is 0 Å². The van der Waals surface area contributed by atoms with Crippen molar-refractivity contribution in [3.8, 4) is 0 Å². The van der Waals surface area contributed by atoms with Crippen LogP contribution in [0.2, 0.25) is 0 Å². The monoisotopic (exact) mass is 230 g/mol. The van der Waals surface area contributed by atoms with Crippen LogP contribution in [-0.2, 0) is 0 Å². The van der Waals surface area contributed by atoms with Gasteiger partial charge in [-0.2, -0.15) is 0 Å². The molecule has 1 unspecified atom stereocenters. The van der Waals surface area contributed by atoms with Gasteiger partial charge in [0.1, 0.15) is 11.5 Å². The Balaban J connectivity index is 2.42. The number of hydrogen-bond acceptors (Lipinski definition) is 3. The summed E-state index contributed by atoms with van der Waals surface area (Å²) in [6.45, 7) is 5.99. The Morgan fingerprint density at radius 1 is 1.12 bits per heavy atom. The first-order valence-electron chi connectivity index (χ1n) is 5.79. The lowest BCUT2D eigenvalue weighted by atomic mass is 10.0. The second-order valence-corrected chi connectivity index (χ2v) is 4.30. The predicted molar refractivity (Wildman–Crippen MR) is 68.1 cm³/mol. The van der Waals surface area contributed by atoms with Crippen LogP contribution in [0.25, 0.3) is 0 Å². The molecular weight excluding hydrogens is 212 g/mol. The summed E-state index contributed by atoms with van der Waals surface area (Å²) in [7, 11) is 1.93. The van der Waals surface area contributed by atoms with E-state index < -0.39 is 0 Å². The van der Waals surface area contributed by atoms with Crippen LogP contribution in [0.5, 0.6) is 0 Å². The van der Waals surface area contributed by atoms with Gasteiger partial charge in [-0.15, -0.1) is 0 Å². The van der Waals surface area contributed by atoms with Crippen molar-refractivity contribution in [2.24, 2.45) is 0 Å². The molecule has 0 saturated carbocycles. The summed E-state index contributed by atoms with van der Waals surface area (Å²) >= 11 is 0. The Bertz CT molecular complexity index is 517. The molecular formula is C14H18N2O. The summed E-state index contributed by atoms with van der Waals surface area (Å²) in [6.07, 6.45) is 0. The lowest BCUT2D eigenvalue weighted by molar-refractivity contribution is 0.443.